The van der Waals surface area contributed by atoms with Crippen LogP contribution in [0.3, 0.4) is 0 Å². The molecule has 21 heavy (non-hydrogen) atoms. The fraction of sp³-hybridized carbons (Fsp3) is 0.867. The summed E-state index contributed by atoms with van der Waals surface area (Å²) in [5.41, 5.74) is 0.0457. The van der Waals surface area contributed by atoms with E-state index in [0.717, 1.165) is 12.8 Å². The van der Waals surface area contributed by atoms with E-state index in [1.54, 1.807) is 7.05 Å². The van der Waals surface area contributed by atoms with E-state index in [-0.39, 0.29) is 29.2 Å². The molecule has 2 rings (SSSR count). The van der Waals surface area contributed by atoms with Crippen molar-refractivity contribution in [3.8, 4) is 0 Å². The Morgan fingerprint density at radius 3 is 2.10 bits per heavy atom. The van der Waals surface area contributed by atoms with Crippen LogP contribution in [0.2, 0.25) is 0 Å². The predicted molar refractivity (Wildman–Crippen MR) is 82.2 cm³/mol. The normalized spacial score (nSPS) is 27.5. The van der Waals surface area contributed by atoms with Crippen molar-refractivity contribution < 1.29 is 9.59 Å². The highest BCUT2D eigenvalue weighted by molar-refractivity contribution is 5.94. The second kappa shape index (κ2) is 5.16. The molecule has 0 saturated carbocycles. The largest absolute Gasteiger partial charge is 0.336 e. The number of rotatable bonds is 1. The molecule has 1 N–H and O–H groups in total. The topological polar surface area (TPSA) is 55.9 Å². The van der Waals surface area contributed by atoms with Gasteiger partial charge in [0.1, 0.15) is 0 Å². The van der Waals surface area contributed by atoms with Gasteiger partial charge in [-0.15, -0.1) is 0 Å². The Labute approximate surface area is 127 Å². The van der Waals surface area contributed by atoms with Crippen molar-refractivity contribution in [3.63, 3.8) is 0 Å². The molecule has 0 atom stereocenters. The fourth-order valence-electron chi connectivity index (χ4n) is 3.65. The molecule has 2 aliphatic heterocycles. The summed E-state index contributed by atoms with van der Waals surface area (Å²) < 4.78 is 0. The van der Waals surface area contributed by atoms with Crippen molar-refractivity contribution >= 4 is 12.1 Å². The fourth-order valence-corrected chi connectivity index (χ4v) is 3.65. The first-order chi connectivity index (χ1) is 9.56. The average Bonchev–Trinajstić information content (AvgIpc) is 2.49. The average molecular weight is 296 g/mol. The maximum atomic E-state index is 12.5. The van der Waals surface area contributed by atoms with E-state index in [4.69, 9.17) is 0 Å². The van der Waals surface area contributed by atoms with Crippen molar-refractivity contribution in [3.05, 3.63) is 0 Å². The first kappa shape index (κ1) is 16.1. The summed E-state index contributed by atoms with van der Waals surface area (Å²) in [4.78, 5) is 29.7. The first-order valence-corrected chi connectivity index (χ1v) is 7.62. The van der Waals surface area contributed by atoms with Gasteiger partial charge in [-0.05, 0) is 47.6 Å². The van der Waals surface area contributed by atoms with Gasteiger partial charge in [0.25, 0.3) is 0 Å². The highest BCUT2D eigenvalue weighted by atomic mass is 16.2. The molecule has 4 amide bonds. The van der Waals surface area contributed by atoms with Gasteiger partial charge in [0.15, 0.2) is 0 Å². The van der Waals surface area contributed by atoms with Crippen molar-refractivity contribution in [2.75, 3.05) is 27.2 Å². The molecule has 0 unspecified atom stereocenters. The minimum atomic E-state index is -0.311. The Kier molecular flexibility index (Phi) is 3.95. The molecule has 0 spiro atoms. The molecule has 2 aliphatic rings. The summed E-state index contributed by atoms with van der Waals surface area (Å²) in [6, 6.07) is -0.339. The summed E-state index contributed by atoms with van der Waals surface area (Å²) >= 11 is 0. The third-order valence-electron chi connectivity index (χ3n) is 5.19. The van der Waals surface area contributed by atoms with Crippen LogP contribution in [0.4, 0.5) is 9.59 Å². The van der Waals surface area contributed by atoms with E-state index < -0.39 is 0 Å². The van der Waals surface area contributed by atoms with Gasteiger partial charge in [0, 0.05) is 37.3 Å². The molecule has 6 heteroatoms. The monoisotopic (exact) mass is 296 g/mol. The van der Waals surface area contributed by atoms with Crippen LogP contribution < -0.4 is 5.32 Å². The van der Waals surface area contributed by atoms with Crippen LogP contribution in [0, 0.1) is 0 Å². The number of nitrogens with zero attached hydrogens (tertiary/aromatic N) is 3. The Morgan fingerprint density at radius 1 is 1.05 bits per heavy atom. The molecule has 0 radical (unpaired) electrons. The van der Waals surface area contributed by atoms with Crippen molar-refractivity contribution in [2.45, 2.75) is 57.7 Å². The van der Waals surface area contributed by atoms with Gasteiger partial charge in [-0.2, -0.15) is 0 Å². The zero-order valence-electron chi connectivity index (χ0n) is 14.1. The van der Waals surface area contributed by atoms with Gasteiger partial charge < -0.3 is 10.2 Å². The lowest BCUT2D eigenvalue weighted by atomic mass is 9.77. The summed E-state index contributed by atoms with van der Waals surface area (Å²) in [6.45, 7) is 9.97. The summed E-state index contributed by atoms with van der Waals surface area (Å²) in [5, 5.41) is 2.76. The van der Waals surface area contributed by atoms with Crippen LogP contribution in [0.15, 0.2) is 0 Å². The number of carbonyl (C=O) groups is 2. The number of piperidine rings is 1. The second-order valence-electron chi connectivity index (χ2n) is 7.51. The standard InChI is InChI=1S/C15H28N4O2/c1-14(2)9-11(10-15(3,4)18(14)6)19-8-7-16-12(20)17(5)13(19)21/h11H,7-10H2,1-6H3,(H,16,20). The lowest BCUT2D eigenvalue weighted by Crippen LogP contribution is -2.64. The van der Waals surface area contributed by atoms with E-state index in [2.05, 4.69) is 45.0 Å². The maximum absolute atomic E-state index is 12.5. The van der Waals surface area contributed by atoms with Gasteiger partial charge >= 0.3 is 12.1 Å². The molecular weight excluding hydrogens is 268 g/mol. The number of hydrogen-bond donors (Lipinski definition) is 1. The Balaban J connectivity index is 2.25. The third-order valence-corrected chi connectivity index (χ3v) is 5.19. The Bertz CT molecular complexity index is 429. The third kappa shape index (κ3) is 2.86. The molecule has 6 nitrogen and oxygen atoms in total. The predicted octanol–water partition coefficient (Wildman–Crippen LogP) is 1.71. The smallest absolute Gasteiger partial charge is 0.328 e. The quantitative estimate of drug-likeness (QED) is 0.801. The van der Waals surface area contributed by atoms with E-state index in [0.29, 0.717) is 13.1 Å². The summed E-state index contributed by atoms with van der Waals surface area (Å²) in [6.07, 6.45) is 1.83. The molecule has 0 aromatic heterocycles. The second-order valence-corrected chi connectivity index (χ2v) is 7.51. The van der Waals surface area contributed by atoms with Gasteiger partial charge in [-0.25, -0.2) is 14.5 Å². The Morgan fingerprint density at radius 2 is 1.57 bits per heavy atom. The lowest BCUT2D eigenvalue weighted by Gasteiger charge is -2.55. The summed E-state index contributed by atoms with van der Waals surface area (Å²) in [7, 11) is 3.69. The molecule has 0 aromatic carbocycles. The van der Waals surface area contributed by atoms with Crippen LogP contribution in [0.5, 0.6) is 0 Å². The lowest BCUT2D eigenvalue weighted by molar-refractivity contribution is -0.0390. The first-order valence-electron chi connectivity index (χ1n) is 7.62. The van der Waals surface area contributed by atoms with E-state index in [1.165, 1.54) is 4.90 Å². The number of imide groups is 1. The Hall–Kier alpha value is -1.30. The van der Waals surface area contributed by atoms with E-state index in [1.807, 2.05) is 4.90 Å². The molecule has 0 aliphatic carbocycles. The van der Waals surface area contributed by atoms with E-state index >= 15 is 0 Å². The highest BCUT2D eigenvalue weighted by Gasteiger charge is 2.46. The molecule has 120 valence electrons. The van der Waals surface area contributed by atoms with Gasteiger partial charge in [-0.3, -0.25) is 4.90 Å². The molecule has 2 heterocycles. The van der Waals surface area contributed by atoms with Gasteiger partial charge in [0.2, 0.25) is 0 Å². The molecule has 2 fully saturated rings. The minimum Gasteiger partial charge on any atom is -0.336 e. The number of likely N-dealkylation sites (tertiary alicyclic amines) is 1. The van der Waals surface area contributed by atoms with Crippen LogP contribution >= 0.6 is 0 Å². The number of amides is 4. The van der Waals surface area contributed by atoms with Crippen LogP contribution in [0.1, 0.15) is 40.5 Å². The summed E-state index contributed by atoms with van der Waals surface area (Å²) in [5.74, 6) is 0. The maximum Gasteiger partial charge on any atom is 0.328 e. The highest BCUT2D eigenvalue weighted by Crippen LogP contribution is 2.39. The molecule has 2 saturated heterocycles. The molecule has 0 aromatic rings. The van der Waals surface area contributed by atoms with Crippen molar-refractivity contribution in [1.82, 2.24) is 20.0 Å². The van der Waals surface area contributed by atoms with Crippen LogP contribution in [-0.2, 0) is 0 Å². The van der Waals surface area contributed by atoms with Crippen molar-refractivity contribution in [1.29, 1.82) is 0 Å². The van der Waals surface area contributed by atoms with Gasteiger partial charge in [-0.1, -0.05) is 0 Å². The SMILES string of the molecule is CN1C(=O)NCCN(C2CC(C)(C)N(C)C(C)(C)C2)C1=O. The van der Waals surface area contributed by atoms with Crippen LogP contribution in [0.25, 0.3) is 0 Å². The van der Waals surface area contributed by atoms with Gasteiger partial charge in [0.05, 0.1) is 0 Å². The van der Waals surface area contributed by atoms with E-state index in [9.17, 15) is 9.59 Å². The number of carbonyl (C=O) groups excluding carboxylic acids is 2. The minimum absolute atomic E-state index is 0.0228. The number of urea groups is 2. The molecule has 0 bridgehead atoms. The number of nitrogens with one attached hydrogen (secondary N) is 1. The molecular formula is C15H28N4O2. The number of hydrogen-bond acceptors (Lipinski definition) is 3. The van der Waals surface area contributed by atoms with Crippen molar-refractivity contribution in [2.24, 2.45) is 0 Å². The zero-order chi connectivity index (χ0) is 16.0. The zero-order valence-corrected chi connectivity index (χ0v) is 14.1. The van der Waals surface area contributed by atoms with Crippen LogP contribution in [-0.4, -0.2) is 71.1 Å².